The molecule has 1 fully saturated rings. The molecular formula is C23H40N6O. The van der Waals surface area contributed by atoms with Gasteiger partial charge in [-0.05, 0) is 38.2 Å². The molecule has 1 saturated heterocycles. The van der Waals surface area contributed by atoms with Crippen molar-refractivity contribution in [1.82, 2.24) is 20.9 Å². The molecule has 1 amide bonds. The van der Waals surface area contributed by atoms with E-state index in [0.717, 1.165) is 51.3 Å². The van der Waals surface area contributed by atoms with Crippen molar-refractivity contribution in [1.29, 1.82) is 0 Å². The molecule has 0 aromatic heterocycles. The lowest BCUT2D eigenvalue weighted by Crippen LogP contribution is -2.56. The lowest BCUT2D eigenvalue weighted by Gasteiger charge is -2.37. The quantitative estimate of drug-likeness (QED) is 0.346. The minimum Gasteiger partial charge on any atom is -0.369 e. The molecule has 168 valence electrons. The number of nitrogens with two attached hydrogens (primary N) is 1. The van der Waals surface area contributed by atoms with Gasteiger partial charge in [0.05, 0.1) is 6.54 Å². The number of nitrogens with zero attached hydrogens (tertiary/aromatic N) is 2. The summed E-state index contributed by atoms with van der Waals surface area (Å²) in [6.45, 7) is 9.60. The summed E-state index contributed by atoms with van der Waals surface area (Å²) >= 11 is 0. The molecule has 1 aromatic carbocycles. The number of rotatable bonds is 10. The summed E-state index contributed by atoms with van der Waals surface area (Å²) in [5, 5.41) is 11.0. The maximum Gasteiger partial charge on any atom is 0.231 e. The van der Waals surface area contributed by atoms with Crippen LogP contribution in [0, 0.1) is 0 Å². The summed E-state index contributed by atoms with van der Waals surface area (Å²) in [6.07, 6.45) is 4.00. The number of hydrogen-bond acceptors (Lipinski definition) is 4. The Kier molecular flexibility index (Phi) is 9.59. The Labute approximate surface area is 181 Å². The Morgan fingerprint density at radius 1 is 1.23 bits per heavy atom. The fraction of sp³-hybridized carbons (Fsp3) is 0.652. The second kappa shape index (κ2) is 11.9. The Bertz CT molecular complexity index is 666. The summed E-state index contributed by atoms with van der Waals surface area (Å²) in [4.78, 5) is 17.7. The normalized spacial score (nSPS) is 17.5. The number of carbonyl (C=O) groups excluding carboxylic acids is 1. The number of hydrogen-bond donors (Lipinski definition) is 4. The number of primary amides is 1. The van der Waals surface area contributed by atoms with E-state index < -0.39 is 0 Å². The first kappa shape index (κ1) is 24.2. The summed E-state index contributed by atoms with van der Waals surface area (Å²) in [7, 11) is 1.82. The predicted octanol–water partition coefficient (Wildman–Crippen LogP) is 2.01. The summed E-state index contributed by atoms with van der Waals surface area (Å²) in [5.41, 5.74) is 6.59. The van der Waals surface area contributed by atoms with Crippen molar-refractivity contribution in [2.45, 2.75) is 64.1 Å². The van der Waals surface area contributed by atoms with Crippen LogP contribution in [-0.4, -0.2) is 61.6 Å². The zero-order valence-corrected chi connectivity index (χ0v) is 19.1. The molecule has 5 N–H and O–H groups in total. The van der Waals surface area contributed by atoms with Gasteiger partial charge in [-0.25, -0.2) is 0 Å². The molecule has 0 bridgehead atoms. The Hall–Kier alpha value is -2.12. The van der Waals surface area contributed by atoms with Crippen molar-refractivity contribution in [3.63, 3.8) is 0 Å². The summed E-state index contributed by atoms with van der Waals surface area (Å²) < 4.78 is 0. The smallest absolute Gasteiger partial charge is 0.231 e. The number of carbonyl (C=O) groups is 1. The van der Waals surface area contributed by atoms with Crippen molar-refractivity contribution < 1.29 is 4.79 Å². The molecule has 1 aliphatic heterocycles. The lowest BCUT2D eigenvalue weighted by molar-refractivity contribution is -0.119. The van der Waals surface area contributed by atoms with E-state index in [-0.39, 0.29) is 17.5 Å². The molecule has 30 heavy (non-hydrogen) atoms. The van der Waals surface area contributed by atoms with Crippen LogP contribution in [0.15, 0.2) is 35.3 Å². The number of guanidine groups is 1. The first-order valence-corrected chi connectivity index (χ1v) is 11.2. The van der Waals surface area contributed by atoms with Crippen LogP contribution in [0.25, 0.3) is 0 Å². The molecule has 1 aliphatic rings. The van der Waals surface area contributed by atoms with Crippen LogP contribution in [0.2, 0.25) is 0 Å². The highest BCUT2D eigenvalue weighted by molar-refractivity contribution is 5.80. The van der Waals surface area contributed by atoms with Gasteiger partial charge in [-0.1, -0.05) is 44.2 Å². The second-order valence-electron chi connectivity index (χ2n) is 8.35. The zero-order chi connectivity index (χ0) is 22.0. The molecule has 1 unspecified atom stereocenters. The van der Waals surface area contributed by atoms with E-state index in [9.17, 15) is 4.79 Å². The molecule has 0 aliphatic carbocycles. The topological polar surface area (TPSA) is 94.8 Å². The van der Waals surface area contributed by atoms with Gasteiger partial charge in [-0.15, -0.1) is 0 Å². The van der Waals surface area contributed by atoms with E-state index in [0.29, 0.717) is 12.6 Å². The van der Waals surface area contributed by atoms with E-state index in [4.69, 9.17) is 5.73 Å². The predicted molar refractivity (Wildman–Crippen MR) is 124 cm³/mol. The number of likely N-dealkylation sites (tertiary alicyclic amines) is 1. The fourth-order valence-corrected chi connectivity index (χ4v) is 4.14. The highest BCUT2D eigenvalue weighted by Gasteiger charge is 2.29. The van der Waals surface area contributed by atoms with Crippen molar-refractivity contribution in [3.05, 3.63) is 35.9 Å². The van der Waals surface area contributed by atoms with E-state index >= 15 is 0 Å². The SMILES string of the molecule is CCC(CC)(CNC(=NC)NC1CCN(CC(N)=O)CC1)NC(C)c1ccccc1. The standard InChI is InChI=1S/C23H40N6O/c1-5-23(6-2,28-18(3)19-10-8-7-9-11-19)17-26-22(25-4)27-20-12-14-29(15-13-20)16-21(24)30/h7-11,18,20,28H,5-6,12-17H2,1-4H3,(H2,24,30)(H2,25,26,27). The second-order valence-corrected chi connectivity index (χ2v) is 8.35. The van der Waals surface area contributed by atoms with Crippen LogP contribution in [0.3, 0.4) is 0 Å². The molecule has 0 spiro atoms. The first-order valence-electron chi connectivity index (χ1n) is 11.2. The molecular weight excluding hydrogens is 376 g/mol. The van der Waals surface area contributed by atoms with Crippen LogP contribution in [0.5, 0.6) is 0 Å². The van der Waals surface area contributed by atoms with Gasteiger partial charge in [0.1, 0.15) is 0 Å². The molecule has 0 saturated carbocycles. The Balaban J connectivity index is 1.88. The summed E-state index contributed by atoms with van der Waals surface area (Å²) in [6, 6.07) is 11.2. The van der Waals surface area contributed by atoms with Crippen LogP contribution >= 0.6 is 0 Å². The van der Waals surface area contributed by atoms with E-state index in [1.807, 2.05) is 7.05 Å². The Morgan fingerprint density at radius 3 is 2.40 bits per heavy atom. The molecule has 1 heterocycles. The summed E-state index contributed by atoms with van der Waals surface area (Å²) in [5.74, 6) is 0.579. The van der Waals surface area contributed by atoms with Gasteiger partial charge < -0.3 is 21.7 Å². The van der Waals surface area contributed by atoms with Crippen LogP contribution in [0.4, 0.5) is 0 Å². The van der Waals surface area contributed by atoms with Crippen molar-refractivity contribution >= 4 is 11.9 Å². The van der Waals surface area contributed by atoms with Gasteiger partial charge in [-0.3, -0.25) is 14.7 Å². The number of amides is 1. The first-order chi connectivity index (χ1) is 14.4. The molecule has 1 aromatic rings. The molecule has 2 rings (SSSR count). The number of piperidine rings is 1. The number of aliphatic imine (C=N–C) groups is 1. The number of benzene rings is 1. The van der Waals surface area contributed by atoms with Gasteiger partial charge in [0.15, 0.2) is 5.96 Å². The fourth-order valence-electron chi connectivity index (χ4n) is 4.14. The van der Waals surface area contributed by atoms with Crippen LogP contribution < -0.4 is 21.7 Å². The van der Waals surface area contributed by atoms with Gasteiger partial charge in [0.25, 0.3) is 0 Å². The van der Waals surface area contributed by atoms with Gasteiger partial charge in [0.2, 0.25) is 5.91 Å². The monoisotopic (exact) mass is 416 g/mol. The van der Waals surface area contributed by atoms with Gasteiger partial charge in [-0.2, -0.15) is 0 Å². The highest BCUT2D eigenvalue weighted by atomic mass is 16.1. The van der Waals surface area contributed by atoms with Gasteiger partial charge >= 0.3 is 0 Å². The van der Waals surface area contributed by atoms with Crippen molar-refractivity contribution in [3.8, 4) is 0 Å². The third kappa shape index (κ3) is 7.29. The highest BCUT2D eigenvalue weighted by Crippen LogP contribution is 2.21. The zero-order valence-electron chi connectivity index (χ0n) is 19.1. The maximum absolute atomic E-state index is 11.1. The number of nitrogens with one attached hydrogen (secondary N) is 3. The van der Waals surface area contributed by atoms with Crippen molar-refractivity contribution in [2.75, 3.05) is 33.2 Å². The van der Waals surface area contributed by atoms with E-state index in [1.165, 1.54) is 5.56 Å². The van der Waals surface area contributed by atoms with Crippen LogP contribution in [0.1, 0.15) is 58.1 Å². The molecule has 0 radical (unpaired) electrons. The molecule has 7 heteroatoms. The maximum atomic E-state index is 11.1. The molecule has 1 atom stereocenters. The minimum atomic E-state index is -0.258. The average molecular weight is 417 g/mol. The Morgan fingerprint density at radius 2 is 1.87 bits per heavy atom. The molecule has 7 nitrogen and oxygen atoms in total. The van der Waals surface area contributed by atoms with E-state index in [1.54, 1.807) is 0 Å². The van der Waals surface area contributed by atoms with E-state index in [2.05, 4.69) is 76.9 Å². The van der Waals surface area contributed by atoms with Gasteiger partial charge in [0, 0.05) is 44.3 Å². The van der Waals surface area contributed by atoms with Crippen LogP contribution in [-0.2, 0) is 4.79 Å². The third-order valence-corrected chi connectivity index (χ3v) is 6.30. The average Bonchev–Trinajstić information content (AvgIpc) is 2.77. The van der Waals surface area contributed by atoms with Crippen molar-refractivity contribution in [2.24, 2.45) is 10.7 Å². The lowest BCUT2D eigenvalue weighted by atomic mass is 9.90. The largest absolute Gasteiger partial charge is 0.369 e. The minimum absolute atomic E-state index is 0.0161. The third-order valence-electron chi connectivity index (χ3n) is 6.30.